The van der Waals surface area contributed by atoms with E-state index < -0.39 is 12.3 Å². The van der Waals surface area contributed by atoms with Gasteiger partial charge in [0.05, 0.1) is 7.11 Å². The number of carbonyl (C=O) groups excluding carboxylic acids is 1. The fourth-order valence-electron chi connectivity index (χ4n) is 4.41. The van der Waals surface area contributed by atoms with Gasteiger partial charge in [-0.3, -0.25) is 4.79 Å². The van der Waals surface area contributed by atoms with E-state index in [4.69, 9.17) is 4.74 Å². The molecule has 0 radical (unpaired) electrons. The van der Waals surface area contributed by atoms with Crippen LogP contribution in [-0.2, 0) is 10.7 Å². The predicted octanol–water partition coefficient (Wildman–Crippen LogP) is 3.55. The molecular formula is C22H26F2N4O2. The second kappa shape index (κ2) is 8.16. The number of nitrogens with zero attached hydrogens (tertiary/aromatic N) is 4. The van der Waals surface area contributed by atoms with E-state index >= 15 is 0 Å². The molecule has 0 saturated carbocycles. The summed E-state index contributed by atoms with van der Waals surface area (Å²) < 4.78 is 34.1. The molecule has 2 aromatic rings. The third-order valence-electron chi connectivity index (χ3n) is 6.01. The number of amides is 1. The Morgan fingerprint density at radius 1 is 1.20 bits per heavy atom. The number of ether oxygens (including phenoxy) is 1. The van der Waals surface area contributed by atoms with Crippen molar-refractivity contribution in [3.05, 3.63) is 47.8 Å². The van der Waals surface area contributed by atoms with Crippen LogP contribution in [0.4, 0.5) is 14.6 Å². The van der Waals surface area contributed by atoms with Gasteiger partial charge in [0.15, 0.2) is 0 Å². The summed E-state index contributed by atoms with van der Waals surface area (Å²) in [6.07, 6.45) is 4.38. The number of methoxy groups -OCH3 is 1. The number of halogens is 2. The molecule has 2 atom stereocenters. The molecule has 2 bridgehead atoms. The van der Waals surface area contributed by atoms with Gasteiger partial charge >= 0.3 is 0 Å². The van der Waals surface area contributed by atoms with E-state index in [2.05, 4.69) is 14.9 Å². The zero-order chi connectivity index (χ0) is 21.3. The predicted molar refractivity (Wildman–Crippen MR) is 109 cm³/mol. The number of hydrogen-bond donors (Lipinski definition) is 0. The van der Waals surface area contributed by atoms with Crippen molar-refractivity contribution in [3.63, 3.8) is 0 Å². The van der Waals surface area contributed by atoms with Gasteiger partial charge in [-0.05, 0) is 37.5 Å². The number of anilines is 1. The first-order valence-corrected chi connectivity index (χ1v) is 10.2. The normalized spacial score (nSPS) is 21.1. The molecule has 2 aliphatic heterocycles. The van der Waals surface area contributed by atoms with E-state index in [1.165, 1.54) is 25.4 Å². The van der Waals surface area contributed by atoms with Gasteiger partial charge in [-0.15, -0.1) is 0 Å². The van der Waals surface area contributed by atoms with Gasteiger partial charge < -0.3 is 14.5 Å². The topological polar surface area (TPSA) is 58.6 Å². The Morgan fingerprint density at radius 3 is 2.57 bits per heavy atom. The molecule has 0 aliphatic carbocycles. The molecule has 4 heterocycles. The van der Waals surface area contributed by atoms with Gasteiger partial charge in [-0.1, -0.05) is 6.07 Å². The van der Waals surface area contributed by atoms with Crippen LogP contribution < -0.4 is 9.64 Å². The Balaban J connectivity index is 1.38. The van der Waals surface area contributed by atoms with E-state index in [1.807, 2.05) is 25.3 Å². The SMILES string of the molecule is COc1cc(C(F)(F)CCC(=O)N2CC3CC[C@@H](C2)N3c2ccc(C)cn2)ccn1. The van der Waals surface area contributed by atoms with Crippen LogP contribution in [0.5, 0.6) is 5.88 Å². The van der Waals surface area contributed by atoms with Crippen LogP contribution in [0.1, 0.15) is 36.8 Å². The molecule has 0 aromatic carbocycles. The molecule has 1 amide bonds. The maximum atomic E-state index is 14.6. The van der Waals surface area contributed by atoms with Gasteiger partial charge in [0, 0.05) is 62.0 Å². The largest absolute Gasteiger partial charge is 0.481 e. The fraction of sp³-hybridized carbons (Fsp3) is 0.500. The Kier molecular flexibility index (Phi) is 5.58. The van der Waals surface area contributed by atoms with Gasteiger partial charge in [0.2, 0.25) is 11.8 Å². The molecule has 8 heteroatoms. The average Bonchev–Trinajstić information content (AvgIpc) is 3.01. The molecule has 2 saturated heterocycles. The third kappa shape index (κ3) is 4.08. The van der Waals surface area contributed by atoms with Crippen LogP contribution in [0.2, 0.25) is 0 Å². The molecule has 4 rings (SSSR count). The molecule has 1 unspecified atom stereocenters. The number of aromatic nitrogens is 2. The summed E-state index contributed by atoms with van der Waals surface area (Å²) in [4.78, 5) is 25.2. The molecular weight excluding hydrogens is 390 g/mol. The standard InChI is InChI=1S/C22H26F2N4O2/c1-15-3-6-19(26-12-15)28-17-4-5-18(28)14-27(13-17)21(29)7-9-22(23,24)16-8-10-25-20(11-16)30-2/h3,6,8,10-12,17-18H,4-5,7,9,13-14H2,1-2H3/t17-,18?/m0/s1. The maximum absolute atomic E-state index is 14.6. The first kappa shape index (κ1) is 20.5. The molecule has 30 heavy (non-hydrogen) atoms. The first-order valence-electron chi connectivity index (χ1n) is 10.2. The van der Waals surface area contributed by atoms with Gasteiger partial charge in [-0.2, -0.15) is 0 Å². The molecule has 0 spiro atoms. The lowest BCUT2D eigenvalue weighted by molar-refractivity contribution is -0.134. The van der Waals surface area contributed by atoms with Crippen LogP contribution in [0.3, 0.4) is 0 Å². The molecule has 0 N–H and O–H groups in total. The number of hydrogen-bond acceptors (Lipinski definition) is 5. The lowest BCUT2D eigenvalue weighted by atomic mass is 10.0. The summed E-state index contributed by atoms with van der Waals surface area (Å²) in [5.41, 5.74) is 0.921. The van der Waals surface area contributed by atoms with E-state index in [0.29, 0.717) is 13.1 Å². The van der Waals surface area contributed by atoms with Crippen molar-refractivity contribution in [3.8, 4) is 5.88 Å². The number of alkyl halides is 2. The smallest absolute Gasteiger partial charge is 0.274 e. The van der Waals surface area contributed by atoms with Gasteiger partial charge in [0.25, 0.3) is 5.92 Å². The number of likely N-dealkylation sites (tertiary alicyclic amines) is 1. The number of piperazine rings is 1. The van der Waals surface area contributed by atoms with Crippen LogP contribution in [0, 0.1) is 6.92 Å². The average molecular weight is 416 g/mol. The Labute approximate surface area is 174 Å². The minimum absolute atomic E-state index is 0.135. The van der Waals surface area contributed by atoms with Crippen LogP contribution >= 0.6 is 0 Å². The summed E-state index contributed by atoms with van der Waals surface area (Å²) in [5.74, 6) is -2.27. The summed E-state index contributed by atoms with van der Waals surface area (Å²) >= 11 is 0. The summed E-state index contributed by atoms with van der Waals surface area (Å²) in [7, 11) is 1.38. The minimum atomic E-state index is -3.11. The van der Waals surface area contributed by atoms with E-state index in [1.54, 1.807) is 4.90 Å². The van der Waals surface area contributed by atoms with Crippen molar-refractivity contribution >= 4 is 11.7 Å². The highest BCUT2D eigenvalue weighted by molar-refractivity contribution is 5.77. The highest BCUT2D eigenvalue weighted by Gasteiger charge is 2.42. The molecule has 2 aliphatic rings. The summed E-state index contributed by atoms with van der Waals surface area (Å²) in [5, 5.41) is 0. The lowest BCUT2D eigenvalue weighted by Gasteiger charge is -2.42. The van der Waals surface area contributed by atoms with Gasteiger partial charge in [-0.25, -0.2) is 18.7 Å². The number of carbonyl (C=O) groups is 1. The Morgan fingerprint density at radius 2 is 1.93 bits per heavy atom. The molecule has 2 aromatic heterocycles. The molecule has 6 nitrogen and oxygen atoms in total. The summed E-state index contributed by atoms with van der Waals surface area (Å²) in [6, 6.07) is 6.91. The quantitative estimate of drug-likeness (QED) is 0.721. The van der Waals surface area contributed by atoms with E-state index in [0.717, 1.165) is 24.2 Å². The van der Waals surface area contributed by atoms with Crippen molar-refractivity contribution in [2.24, 2.45) is 0 Å². The zero-order valence-electron chi connectivity index (χ0n) is 17.2. The zero-order valence-corrected chi connectivity index (χ0v) is 17.2. The fourth-order valence-corrected chi connectivity index (χ4v) is 4.41. The Hall–Kier alpha value is -2.77. The monoisotopic (exact) mass is 416 g/mol. The van der Waals surface area contributed by atoms with Crippen LogP contribution in [-0.4, -0.2) is 53.1 Å². The van der Waals surface area contributed by atoms with Crippen molar-refractivity contribution < 1.29 is 18.3 Å². The number of pyridine rings is 2. The number of rotatable bonds is 6. The van der Waals surface area contributed by atoms with Crippen LogP contribution in [0.15, 0.2) is 36.7 Å². The van der Waals surface area contributed by atoms with Crippen molar-refractivity contribution in [1.29, 1.82) is 0 Å². The maximum Gasteiger partial charge on any atom is 0.274 e. The molecule has 160 valence electrons. The minimum Gasteiger partial charge on any atom is -0.481 e. The lowest BCUT2D eigenvalue weighted by Crippen LogP contribution is -2.55. The Bertz CT molecular complexity index is 892. The van der Waals surface area contributed by atoms with Crippen molar-refractivity contribution in [2.75, 3.05) is 25.1 Å². The number of aryl methyl sites for hydroxylation is 1. The van der Waals surface area contributed by atoms with Gasteiger partial charge in [0.1, 0.15) is 5.82 Å². The summed E-state index contributed by atoms with van der Waals surface area (Å²) in [6.45, 7) is 3.11. The van der Waals surface area contributed by atoms with Crippen LogP contribution in [0.25, 0.3) is 0 Å². The highest BCUT2D eigenvalue weighted by Crippen LogP contribution is 2.36. The van der Waals surface area contributed by atoms with E-state index in [-0.39, 0.29) is 35.9 Å². The molecule has 2 fully saturated rings. The number of fused-ring (bicyclic) bond motifs is 2. The second-order valence-corrected chi connectivity index (χ2v) is 8.08. The first-order chi connectivity index (χ1) is 14.4. The van der Waals surface area contributed by atoms with Crippen molar-refractivity contribution in [1.82, 2.24) is 14.9 Å². The third-order valence-corrected chi connectivity index (χ3v) is 6.01. The highest BCUT2D eigenvalue weighted by atomic mass is 19.3. The van der Waals surface area contributed by atoms with Crippen molar-refractivity contribution in [2.45, 2.75) is 50.6 Å². The van der Waals surface area contributed by atoms with E-state index in [9.17, 15) is 13.6 Å². The second-order valence-electron chi connectivity index (χ2n) is 8.08.